The number of epoxide rings is 1. The Kier molecular flexibility index (Phi) is 9.97. The van der Waals surface area contributed by atoms with Gasteiger partial charge in [0.2, 0.25) is 0 Å². The largest absolute Gasteiger partial charge is 0.393 e. The number of piperidine rings is 1. The normalized spacial score (nSPS) is 45.3. The highest BCUT2D eigenvalue weighted by molar-refractivity contribution is 5.95. The molecule has 3 saturated carbocycles. The lowest BCUT2D eigenvalue weighted by atomic mass is 9.44. The van der Waals surface area contributed by atoms with Gasteiger partial charge in [0, 0.05) is 17.8 Å². The number of carbonyl (C=O) groups excluding carboxylic acids is 1. The van der Waals surface area contributed by atoms with Gasteiger partial charge in [-0.3, -0.25) is 10.5 Å². The van der Waals surface area contributed by atoms with Gasteiger partial charge in [-0.2, -0.15) is 0 Å². The number of nitrogens with two attached hydrogens (primary N) is 2. The summed E-state index contributed by atoms with van der Waals surface area (Å²) in [5.74, 6) is 0.354. The van der Waals surface area contributed by atoms with Crippen molar-refractivity contribution in [1.82, 2.24) is 0 Å². The topological polar surface area (TPSA) is 153 Å². The molecule has 6 rings (SSSR count). The van der Waals surface area contributed by atoms with Gasteiger partial charge in [0.1, 0.15) is 18.4 Å². The summed E-state index contributed by atoms with van der Waals surface area (Å²) in [4.78, 5) is 14.0. The second kappa shape index (κ2) is 13.0. The first-order valence-electron chi connectivity index (χ1n) is 19.8. The molecule has 2 saturated heterocycles. The summed E-state index contributed by atoms with van der Waals surface area (Å²) in [6.07, 6.45) is 15.0. The first kappa shape index (κ1) is 36.9. The predicted octanol–water partition coefficient (Wildman–Crippen LogP) is 4.50. The molecule has 6 aliphatic rings. The molecule has 2 heterocycles. The molecule has 0 radical (unpaired) electrons. The van der Waals surface area contributed by atoms with Crippen LogP contribution in [0.15, 0.2) is 11.6 Å². The summed E-state index contributed by atoms with van der Waals surface area (Å²) in [6.45, 7) is 13.4. The summed E-state index contributed by atoms with van der Waals surface area (Å²) in [5, 5.41) is 50.2. The van der Waals surface area contributed by atoms with Gasteiger partial charge >= 0.3 is 0 Å². The molecule has 2 unspecified atom stereocenters. The number of fused-ring (bicyclic) bond motifs is 5. The molecule has 8 heteroatoms. The molecule has 13 atom stereocenters. The standard InChI is InChI=1S/C40H68N2O6/c1-7-8-9-10-16-39-19-12-26(43)23-29(39)30(44)24-28-27(39)13-18-36(4)31(14-20-40(28,36)47)37(5,45)33-34(48-33)38(6,46)35(2,3)17-11-25-15-21-42-32(41)22-25/h24-27,29,31-34,42-43,45-47H,7-23,41H2,1-6H3/p+1/t25?,26-,27-,29-,31-,32?,33+,34-,36-,37+,38-,39+,40+/m0/s1. The van der Waals surface area contributed by atoms with E-state index in [1.54, 1.807) is 6.08 Å². The van der Waals surface area contributed by atoms with Crippen molar-refractivity contribution in [1.29, 1.82) is 0 Å². The highest BCUT2D eigenvalue weighted by Crippen LogP contribution is 2.70. The minimum Gasteiger partial charge on any atom is -0.393 e. The molecule has 2 aliphatic heterocycles. The third-order valence-electron chi connectivity index (χ3n) is 15.8. The van der Waals surface area contributed by atoms with E-state index in [1.165, 1.54) is 6.42 Å². The van der Waals surface area contributed by atoms with Crippen LogP contribution in [0.1, 0.15) is 144 Å². The van der Waals surface area contributed by atoms with Crippen molar-refractivity contribution in [2.45, 2.75) is 186 Å². The van der Waals surface area contributed by atoms with E-state index in [1.807, 2.05) is 13.8 Å². The van der Waals surface area contributed by atoms with Crippen LogP contribution in [0.25, 0.3) is 0 Å². The fourth-order valence-electron chi connectivity index (χ4n) is 12.2. The minimum absolute atomic E-state index is 0.0839. The number of ether oxygens (including phenoxy) is 1. The van der Waals surface area contributed by atoms with Gasteiger partial charge in [-0.05, 0) is 125 Å². The van der Waals surface area contributed by atoms with Gasteiger partial charge in [-0.25, -0.2) is 0 Å². The number of aliphatic hydroxyl groups is 4. The number of carbonyl (C=O) groups is 1. The maximum absolute atomic E-state index is 14.0. The molecular weight excluding hydrogens is 604 g/mol. The molecule has 0 aromatic carbocycles. The second-order valence-electron chi connectivity index (χ2n) is 18.8. The lowest BCUT2D eigenvalue weighted by molar-refractivity contribution is -0.699. The average Bonchev–Trinajstić information content (AvgIpc) is 3.80. The Morgan fingerprint density at radius 2 is 1.73 bits per heavy atom. The van der Waals surface area contributed by atoms with Crippen LogP contribution >= 0.6 is 0 Å². The van der Waals surface area contributed by atoms with Crippen molar-refractivity contribution < 1.29 is 35.3 Å². The molecule has 8 nitrogen and oxygen atoms in total. The first-order valence-corrected chi connectivity index (χ1v) is 19.8. The van der Waals surface area contributed by atoms with E-state index < -0.39 is 45.9 Å². The zero-order valence-corrected chi connectivity index (χ0v) is 31.0. The summed E-state index contributed by atoms with van der Waals surface area (Å²) in [5.41, 5.74) is 2.30. The Balaban J connectivity index is 1.20. The smallest absolute Gasteiger partial charge is 0.159 e. The number of unbranched alkanes of at least 4 members (excludes halogenated alkanes) is 3. The second-order valence-corrected chi connectivity index (χ2v) is 18.8. The van der Waals surface area contributed by atoms with Crippen LogP contribution in [0.4, 0.5) is 0 Å². The van der Waals surface area contributed by atoms with Gasteiger partial charge in [0.05, 0.1) is 29.5 Å². The predicted molar refractivity (Wildman–Crippen MR) is 187 cm³/mol. The van der Waals surface area contributed by atoms with Crippen molar-refractivity contribution in [3.63, 3.8) is 0 Å². The number of hydrogen-bond donors (Lipinski definition) is 6. The number of quaternary nitrogens is 1. The Morgan fingerprint density at radius 1 is 0.979 bits per heavy atom. The zero-order chi connectivity index (χ0) is 34.9. The molecule has 8 N–H and O–H groups in total. The first-order chi connectivity index (χ1) is 22.4. The van der Waals surface area contributed by atoms with Gasteiger partial charge in [-0.15, -0.1) is 0 Å². The third-order valence-corrected chi connectivity index (χ3v) is 15.8. The Morgan fingerprint density at radius 3 is 2.44 bits per heavy atom. The molecule has 4 aliphatic carbocycles. The van der Waals surface area contributed by atoms with Gasteiger partial charge in [0.25, 0.3) is 0 Å². The van der Waals surface area contributed by atoms with Crippen LogP contribution in [0, 0.1) is 39.9 Å². The fourth-order valence-corrected chi connectivity index (χ4v) is 12.2. The van der Waals surface area contributed by atoms with Gasteiger partial charge in [-0.1, -0.05) is 53.4 Å². The lowest BCUT2D eigenvalue weighted by Gasteiger charge is -2.61. The minimum atomic E-state index is -1.25. The molecular formula is C40H69N2O6+. The summed E-state index contributed by atoms with van der Waals surface area (Å²) in [6, 6.07) is 0. The van der Waals surface area contributed by atoms with E-state index in [9.17, 15) is 25.2 Å². The van der Waals surface area contributed by atoms with Crippen molar-refractivity contribution in [3.05, 3.63) is 11.6 Å². The Labute approximate surface area is 290 Å². The quantitative estimate of drug-likeness (QED) is 0.132. The van der Waals surface area contributed by atoms with Gasteiger partial charge in [0.15, 0.2) is 5.78 Å². The van der Waals surface area contributed by atoms with Crippen LogP contribution < -0.4 is 11.1 Å². The zero-order valence-electron chi connectivity index (χ0n) is 31.0. The van der Waals surface area contributed by atoms with E-state index in [0.29, 0.717) is 25.2 Å². The highest BCUT2D eigenvalue weighted by atomic mass is 16.6. The van der Waals surface area contributed by atoms with Crippen molar-refractivity contribution >= 4 is 5.78 Å². The van der Waals surface area contributed by atoms with Crippen LogP contribution in [-0.4, -0.2) is 74.0 Å². The lowest BCUT2D eigenvalue weighted by Crippen LogP contribution is -2.94. The van der Waals surface area contributed by atoms with E-state index >= 15 is 0 Å². The van der Waals surface area contributed by atoms with E-state index in [-0.39, 0.29) is 35.1 Å². The number of aliphatic hydroxyl groups excluding tert-OH is 1. The van der Waals surface area contributed by atoms with E-state index in [2.05, 4.69) is 33.0 Å². The van der Waals surface area contributed by atoms with Crippen LogP contribution in [0.3, 0.4) is 0 Å². The number of hydrogen-bond acceptors (Lipinski definition) is 7. The molecule has 5 fully saturated rings. The number of rotatable bonds is 12. The SMILES string of the molecule is CCCCCC[C@]12CC[C@H](O)C[C@H]1C(=O)C=C1[C@@H]2CC[C@@]2(C)[C@@H]([C@@](C)(O)[C@@H]3O[C@@H]3[C@](C)(O)C(C)(C)CCC3CC[NH2+]C(N)C3)CC[C@@]12O. The summed E-state index contributed by atoms with van der Waals surface area (Å²) >= 11 is 0. The monoisotopic (exact) mass is 674 g/mol. The van der Waals surface area contributed by atoms with Crippen molar-refractivity contribution in [2.24, 2.45) is 45.7 Å². The van der Waals surface area contributed by atoms with Crippen molar-refractivity contribution in [2.75, 3.05) is 6.54 Å². The van der Waals surface area contributed by atoms with E-state index in [4.69, 9.17) is 10.5 Å². The molecule has 0 bridgehead atoms. The highest BCUT2D eigenvalue weighted by Gasteiger charge is 2.73. The summed E-state index contributed by atoms with van der Waals surface area (Å²) < 4.78 is 6.30. The maximum atomic E-state index is 14.0. The van der Waals surface area contributed by atoms with Crippen molar-refractivity contribution in [3.8, 4) is 0 Å². The third kappa shape index (κ3) is 5.89. The van der Waals surface area contributed by atoms with Crippen LogP contribution in [-0.2, 0) is 9.53 Å². The van der Waals surface area contributed by atoms with Crippen LogP contribution in [0.2, 0.25) is 0 Å². The molecule has 0 aromatic heterocycles. The molecule has 0 aromatic rings. The Bertz CT molecular complexity index is 1230. The fraction of sp³-hybridized carbons (Fsp3) is 0.925. The molecule has 48 heavy (non-hydrogen) atoms. The summed E-state index contributed by atoms with van der Waals surface area (Å²) in [7, 11) is 0. The number of ketones is 1. The maximum Gasteiger partial charge on any atom is 0.159 e. The molecule has 274 valence electrons. The number of allylic oxidation sites excluding steroid dienone is 1. The van der Waals surface area contributed by atoms with E-state index in [0.717, 1.165) is 89.2 Å². The van der Waals surface area contributed by atoms with Crippen LogP contribution in [0.5, 0.6) is 0 Å². The molecule has 0 amide bonds. The molecule has 0 spiro atoms. The van der Waals surface area contributed by atoms with Gasteiger partial charge < -0.3 is 30.5 Å². The Hall–Kier alpha value is -0.870. The average molecular weight is 674 g/mol.